The maximum atomic E-state index is 5.36. The van der Waals surface area contributed by atoms with Crippen LogP contribution in [-0.2, 0) is 6.54 Å². The van der Waals surface area contributed by atoms with Crippen LogP contribution in [0.3, 0.4) is 0 Å². The molecular formula is C14H21NO2. The molecule has 0 amide bonds. The highest BCUT2D eigenvalue weighted by Gasteiger charge is 2.27. The molecule has 0 spiro atoms. The van der Waals surface area contributed by atoms with Gasteiger partial charge in [-0.1, -0.05) is 0 Å². The third-order valence-corrected chi connectivity index (χ3v) is 3.43. The zero-order chi connectivity index (χ0) is 12.3. The lowest BCUT2D eigenvalue weighted by Crippen LogP contribution is -2.27. The van der Waals surface area contributed by atoms with Gasteiger partial charge in [0.2, 0.25) is 0 Å². The predicted molar refractivity (Wildman–Crippen MR) is 68.6 cm³/mol. The molecule has 0 aliphatic heterocycles. The molecule has 1 N–H and O–H groups in total. The Hall–Kier alpha value is -1.22. The maximum absolute atomic E-state index is 5.36. The molecule has 1 aromatic rings. The second-order valence-electron chi connectivity index (χ2n) is 4.68. The number of nitrogens with one attached hydrogen (secondary N) is 1. The third kappa shape index (κ3) is 3.13. The molecule has 1 aromatic carbocycles. The summed E-state index contributed by atoms with van der Waals surface area (Å²) < 4.78 is 10.6. The summed E-state index contributed by atoms with van der Waals surface area (Å²) in [5.74, 6) is 2.66. The van der Waals surface area contributed by atoms with Crippen molar-refractivity contribution >= 4 is 0 Å². The van der Waals surface area contributed by atoms with E-state index in [0.717, 1.165) is 29.5 Å². The lowest BCUT2D eigenvalue weighted by Gasteiger charge is -2.15. The van der Waals surface area contributed by atoms with E-state index in [9.17, 15) is 0 Å². The molecule has 1 aliphatic carbocycles. The monoisotopic (exact) mass is 235 g/mol. The summed E-state index contributed by atoms with van der Waals surface area (Å²) in [6.07, 6.45) is 2.73. The summed E-state index contributed by atoms with van der Waals surface area (Å²) in [5, 5.41) is 3.55. The molecule has 0 bridgehead atoms. The highest BCUT2D eigenvalue weighted by atomic mass is 16.5. The Morgan fingerprint density at radius 1 is 1.29 bits per heavy atom. The Balaban J connectivity index is 2.01. The van der Waals surface area contributed by atoms with Crippen molar-refractivity contribution in [1.82, 2.24) is 5.32 Å². The maximum Gasteiger partial charge on any atom is 0.123 e. The van der Waals surface area contributed by atoms with Gasteiger partial charge in [0.25, 0.3) is 0 Å². The Kier molecular flexibility index (Phi) is 3.89. The van der Waals surface area contributed by atoms with Gasteiger partial charge in [-0.15, -0.1) is 0 Å². The van der Waals surface area contributed by atoms with Gasteiger partial charge in [0.1, 0.15) is 11.5 Å². The van der Waals surface area contributed by atoms with Crippen LogP contribution in [0.5, 0.6) is 11.5 Å². The van der Waals surface area contributed by atoms with Crippen molar-refractivity contribution in [3.05, 3.63) is 23.8 Å². The predicted octanol–water partition coefficient (Wildman–Crippen LogP) is 2.59. The van der Waals surface area contributed by atoms with Crippen LogP contribution in [0.1, 0.15) is 25.3 Å². The van der Waals surface area contributed by atoms with E-state index in [1.165, 1.54) is 12.8 Å². The number of hydrogen-bond acceptors (Lipinski definition) is 3. The van der Waals surface area contributed by atoms with Crippen molar-refractivity contribution in [3.63, 3.8) is 0 Å². The van der Waals surface area contributed by atoms with E-state index in [2.05, 4.69) is 12.2 Å². The first-order valence-corrected chi connectivity index (χ1v) is 6.19. The van der Waals surface area contributed by atoms with Crippen LogP contribution in [0.15, 0.2) is 18.2 Å². The van der Waals surface area contributed by atoms with Crippen molar-refractivity contribution in [1.29, 1.82) is 0 Å². The summed E-state index contributed by atoms with van der Waals surface area (Å²) in [4.78, 5) is 0. The molecule has 2 rings (SSSR count). The molecule has 0 radical (unpaired) electrons. The zero-order valence-corrected chi connectivity index (χ0v) is 10.8. The van der Waals surface area contributed by atoms with Gasteiger partial charge < -0.3 is 14.8 Å². The molecule has 1 atom stereocenters. The first kappa shape index (κ1) is 12.2. The average Bonchev–Trinajstić information content (AvgIpc) is 3.19. The lowest BCUT2D eigenvalue weighted by molar-refractivity contribution is 0.394. The second kappa shape index (κ2) is 5.41. The van der Waals surface area contributed by atoms with E-state index in [1.807, 2.05) is 18.2 Å². The second-order valence-corrected chi connectivity index (χ2v) is 4.68. The molecule has 1 saturated carbocycles. The van der Waals surface area contributed by atoms with E-state index in [-0.39, 0.29) is 0 Å². The number of benzene rings is 1. The van der Waals surface area contributed by atoms with E-state index in [0.29, 0.717) is 6.04 Å². The number of methoxy groups -OCH3 is 2. The molecule has 3 nitrogen and oxygen atoms in total. The first-order chi connectivity index (χ1) is 8.24. The van der Waals surface area contributed by atoms with Gasteiger partial charge in [-0.05, 0) is 43.9 Å². The summed E-state index contributed by atoms with van der Waals surface area (Å²) >= 11 is 0. The molecule has 1 unspecified atom stereocenters. The Morgan fingerprint density at radius 3 is 2.65 bits per heavy atom. The van der Waals surface area contributed by atoms with Gasteiger partial charge in [-0.3, -0.25) is 0 Å². The minimum Gasteiger partial charge on any atom is -0.497 e. The SMILES string of the molecule is COc1ccc(OC)c(CNC(C)C2CC2)c1. The molecule has 0 heterocycles. The molecule has 94 valence electrons. The number of ether oxygens (including phenoxy) is 2. The van der Waals surface area contributed by atoms with Gasteiger partial charge >= 0.3 is 0 Å². The minimum atomic E-state index is 0.589. The van der Waals surface area contributed by atoms with Gasteiger partial charge in [-0.2, -0.15) is 0 Å². The van der Waals surface area contributed by atoms with Gasteiger partial charge in [-0.25, -0.2) is 0 Å². The molecule has 1 fully saturated rings. The number of hydrogen-bond donors (Lipinski definition) is 1. The van der Waals surface area contributed by atoms with E-state index in [1.54, 1.807) is 14.2 Å². The van der Waals surface area contributed by atoms with E-state index in [4.69, 9.17) is 9.47 Å². The van der Waals surface area contributed by atoms with Gasteiger partial charge in [0.15, 0.2) is 0 Å². The molecule has 1 aliphatic rings. The lowest BCUT2D eigenvalue weighted by atomic mass is 10.1. The van der Waals surface area contributed by atoms with Gasteiger partial charge in [0.05, 0.1) is 14.2 Å². The summed E-state index contributed by atoms with van der Waals surface area (Å²) in [6, 6.07) is 6.50. The third-order valence-electron chi connectivity index (χ3n) is 3.43. The summed E-state index contributed by atoms with van der Waals surface area (Å²) in [5.41, 5.74) is 1.15. The van der Waals surface area contributed by atoms with Crippen molar-refractivity contribution in [2.75, 3.05) is 14.2 Å². The topological polar surface area (TPSA) is 30.5 Å². The fourth-order valence-electron chi connectivity index (χ4n) is 2.05. The fourth-order valence-corrected chi connectivity index (χ4v) is 2.05. The zero-order valence-electron chi connectivity index (χ0n) is 10.8. The van der Waals surface area contributed by atoms with Crippen LogP contribution in [0.4, 0.5) is 0 Å². The van der Waals surface area contributed by atoms with E-state index >= 15 is 0 Å². The fraction of sp³-hybridized carbons (Fsp3) is 0.571. The standard InChI is InChI=1S/C14H21NO2/c1-10(11-4-5-11)15-9-12-8-13(16-2)6-7-14(12)17-3/h6-8,10-11,15H,4-5,9H2,1-3H3. The molecule has 17 heavy (non-hydrogen) atoms. The van der Waals surface area contributed by atoms with Crippen LogP contribution in [0, 0.1) is 5.92 Å². The quantitative estimate of drug-likeness (QED) is 0.822. The molecule has 0 saturated heterocycles. The Bertz CT molecular complexity index is 374. The van der Waals surface area contributed by atoms with Crippen LogP contribution in [0.25, 0.3) is 0 Å². The van der Waals surface area contributed by atoms with Crippen molar-refractivity contribution in [2.45, 2.75) is 32.4 Å². The number of rotatable bonds is 6. The largest absolute Gasteiger partial charge is 0.497 e. The highest BCUT2D eigenvalue weighted by Crippen LogP contribution is 2.32. The Labute approximate surface area is 103 Å². The average molecular weight is 235 g/mol. The van der Waals surface area contributed by atoms with Crippen LogP contribution < -0.4 is 14.8 Å². The van der Waals surface area contributed by atoms with Crippen LogP contribution in [-0.4, -0.2) is 20.3 Å². The smallest absolute Gasteiger partial charge is 0.123 e. The van der Waals surface area contributed by atoms with Crippen molar-refractivity contribution in [3.8, 4) is 11.5 Å². The van der Waals surface area contributed by atoms with Crippen molar-refractivity contribution in [2.24, 2.45) is 5.92 Å². The van der Waals surface area contributed by atoms with Crippen LogP contribution in [0.2, 0.25) is 0 Å². The normalized spacial score (nSPS) is 16.6. The Morgan fingerprint density at radius 2 is 2.06 bits per heavy atom. The summed E-state index contributed by atoms with van der Waals surface area (Å²) in [6.45, 7) is 3.09. The molecule has 0 aromatic heterocycles. The van der Waals surface area contributed by atoms with Crippen molar-refractivity contribution < 1.29 is 9.47 Å². The minimum absolute atomic E-state index is 0.589. The first-order valence-electron chi connectivity index (χ1n) is 6.19. The van der Waals surface area contributed by atoms with Crippen LogP contribution >= 0.6 is 0 Å². The molecular weight excluding hydrogens is 214 g/mol. The highest BCUT2D eigenvalue weighted by molar-refractivity contribution is 5.40. The van der Waals surface area contributed by atoms with E-state index < -0.39 is 0 Å². The molecule has 3 heteroatoms. The summed E-state index contributed by atoms with van der Waals surface area (Å²) in [7, 11) is 3.39. The van der Waals surface area contributed by atoms with Gasteiger partial charge in [0, 0.05) is 18.2 Å².